The molecule has 0 aliphatic carbocycles. The van der Waals surface area contributed by atoms with Crippen LogP contribution < -0.4 is 10.5 Å². The number of anilines is 1. The molecule has 0 saturated carbocycles. The molecule has 6 nitrogen and oxygen atoms in total. The maximum absolute atomic E-state index is 12.3. The number of aromatic nitrogens is 4. The lowest BCUT2D eigenvalue weighted by Gasteiger charge is -2.09. The summed E-state index contributed by atoms with van der Waals surface area (Å²) in [6.45, 7) is -2.95. The standard InChI is InChI=1S/C12H9F2N5O/c13-12(14)20-9-2-7(3-16-10(9)15)6-1-8-5-18-19-11(8)17-4-6/h1-5,12H,(H2,15,16)(H,17,18,19). The average Bonchev–Trinajstić information content (AvgIpc) is 2.88. The van der Waals surface area contributed by atoms with Crippen LogP contribution in [0.1, 0.15) is 0 Å². The molecule has 3 rings (SSSR count). The number of rotatable bonds is 3. The zero-order chi connectivity index (χ0) is 14.1. The highest BCUT2D eigenvalue weighted by atomic mass is 19.3. The largest absolute Gasteiger partial charge is 0.431 e. The zero-order valence-corrected chi connectivity index (χ0v) is 10.0. The number of hydrogen-bond donors (Lipinski definition) is 2. The third-order valence-corrected chi connectivity index (χ3v) is 2.72. The second-order valence-corrected chi connectivity index (χ2v) is 4.02. The number of ether oxygens (including phenoxy) is 1. The number of nitrogens with zero attached hydrogens (tertiary/aromatic N) is 3. The maximum atomic E-state index is 12.3. The van der Waals surface area contributed by atoms with Crippen LogP contribution in [-0.2, 0) is 0 Å². The van der Waals surface area contributed by atoms with Gasteiger partial charge in [0, 0.05) is 28.9 Å². The van der Waals surface area contributed by atoms with Gasteiger partial charge < -0.3 is 10.5 Å². The molecular weight excluding hydrogens is 268 g/mol. The minimum atomic E-state index is -2.95. The molecule has 0 aliphatic rings. The Morgan fingerprint density at radius 2 is 1.85 bits per heavy atom. The van der Waals surface area contributed by atoms with Crippen molar-refractivity contribution in [2.75, 3.05) is 5.73 Å². The fourth-order valence-corrected chi connectivity index (χ4v) is 1.80. The van der Waals surface area contributed by atoms with Crippen LogP contribution in [0.2, 0.25) is 0 Å². The molecule has 3 aromatic heterocycles. The van der Waals surface area contributed by atoms with Crippen LogP contribution in [0.15, 0.2) is 30.7 Å². The Bertz CT molecular complexity index is 758. The van der Waals surface area contributed by atoms with Crippen molar-refractivity contribution < 1.29 is 13.5 Å². The van der Waals surface area contributed by atoms with E-state index in [-0.39, 0.29) is 11.6 Å². The molecule has 0 bridgehead atoms. The van der Waals surface area contributed by atoms with Crippen LogP contribution in [0, 0.1) is 0 Å². The summed E-state index contributed by atoms with van der Waals surface area (Å²) in [5.41, 5.74) is 7.40. The molecule has 102 valence electrons. The minimum Gasteiger partial charge on any atom is -0.431 e. The molecule has 0 amide bonds. The van der Waals surface area contributed by atoms with Crippen LogP contribution in [-0.4, -0.2) is 26.8 Å². The first-order chi connectivity index (χ1) is 9.63. The van der Waals surface area contributed by atoms with Gasteiger partial charge in [0.25, 0.3) is 0 Å². The van der Waals surface area contributed by atoms with E-state index in [9.17, 15) is 8.78 Å². The third kappa shape index (κ3) is 2.22. The summed E-state index contributed by atoms with van der Waals surface area (Å²) < 4.78 is 28.9. The average molecular weight is 277 g/mol. The first-order valence-corrected chi connectivity index (χ1v) is 5.63. The predicted octanol–water partition coefficient (Wildman–Crippen LogP) is 2.20. The summed E-state index contributed by atoms with van der Waals surface area (Å²) in [4.78, 5) is 8.01. The van der Waals surface area contributed by atoms with E-state index < -0.39 is 6.61 Å². The van der Waals surface area contributed by atoms with Crippen LogP contribution in [0.4, 0.5) is 14.6 Å². The Morgan fingerprint density at radius 3 is 2.65 bits per heavy atom. The van der Waals surface area contributed by atoms with Gasteiger partial charge in [-0.3, -0.25) is 5.10 Å². The molecule has 0 unspecified atom stereocenters. The molecule has 0 aromatic carbocycles. The Kier molecular flexibility index (Phi) is 2.90. The molecule has 0 radical (unpaired) electrons. The fourth-order valence-electron chi connectivity index (χ4n) is 1.80. The number of aromatic amines is 1. The number of pyridine rings is 2. The first kappa shape index (κ1) is 12.3. The van der Waals surface area contributed by atoms with Crippen LogP contribution in [0.5, 0.6) is 5.75 Å². The van der Waals surface area contributed by atoms with Gasteiger partial charge in [-0.25, -0.2) is 9.97 Å². The van der Waals surface area contributed by atoms with E-state index in [0.29, 0.717) is 16.8 Å². The monoisotopic (exact) mass is 277 g/mol. The van der Waals surface area contributed by atoms with E-state index >= 15 is 0 Å². The summed E-state index contributed by atoms with van der Waals surface area (Å²) in [6.07, 6.45) is 4.67. The molecule has 0 aliphatic heterocycles. The molecule has 0 atom stereocenters. The Hall–Kier alpha value is -2.77. The van der Waals surface area contributed by atoms with Gasteiger partial charge >= 0.3 is 6.61 Å². The van der Waals surface area contributed by atoms with E-state index in [1.165, 1.54) is 12.3 Å². The summed E-state index contributed by atoms with van der Waals surface area (Å²) >= 11 is 0. The van der Waals surface area contributed by atoms with Crippen molar-refractivity contribution in [2.45, 2.75) is 6.61 Å². The normalized spacial score (nSPS) is 11.2. The van der Waals surface area contributed by atoms with Crippen LogP contribution >= 0.6 is 0 Å². The molecule has 20 heavy (non-hydrogen) atoms. The quantitative estimate of drug-likeness (QED) is 0.766. The van der Waals surface area contributed by atoms with Crippen LogP contribution in [0.3, 0.4) is 0 Å². The van der Waals surface area contributed by atoms with Gasteiger partial charge in [0.05, 0.1) is 6.20 Å². The topological polar surface area (TPSA) is 89.7 Å². The number of alkyl halides is 2. The lowest BCUT2D eigenvalue weighted by molar-refractivity contribution is -0.0494. The van der Waals surface area contributed by atoms with Gasteiger partial charge in [-0.1, -0.05) is 0 Å². The number of nitrogens with one attached hydrogen (secondary N) is 1. The Balaban J connectivity index is 2.04. The highest BCUT2D eigenvalue weighted by Gasteiger charge is 2.11. The number of nitrogens with two attached hydrogens (primary N) is 1. The molecule has 8 heteroatoms. The Morgan fingerprint density at radius 1 is 1.10 bits per heavy atom. The maximum Gasteiger partial charge on any atom is 0.387 e. The number of halogens is 2. The molecule has 0 saturated heterocycles. The van der Waals surface area contributed by atoms with Crippen molar-refractivity contribution in [1.82, 2.24) is 20.2 Å². The van der Waals surface area contributed by atoms with Crippen molar-refractivity contribution >= 4 is 16.9 Å². The van der Waals surface area contributed by atoms with Gasteiger partial charge in [0.2, 0.25) is 0 Å². The summed E-state index contributed by atoms with van der Waals surface area (Å²) in [5.74, 6) is -0.254. The molecule has 0 fully saturated rings. The smallest absolute Gasteiger partial charge is 0.387 e. The molecule has 3 heterocycles. The summed E-state index contributed by atoms with van der Waals surface area (Å²) in [6, 6.07) is 3.21. The van der Waals surface area contributed by atoms with Crippen molar-refractivity contribution in [3.05, 3.63) is 30.7 Å². The summed E-state index contributed by atoms with van der Waals surface area (Å²) in [7, 11) is 0. The predicted molar refractivity (Wildman–Crippen MR) is 68.2 cm³/mol. The summed E-state index contributed by atoms with van der Waals surface area (Å²) in [5, 5.41) is 7.39. The Labute approximate surface area is 111 Å². The second-order valence-electron chi connectivity index (χ2n) is 4.02. The molecule has 3 N–H and O–H groups in total. The van der Waals surface area contributed by atoms with E-state index in [2.05, 4.69) is 24.9 Å². The van der Waals surface area contributed by atoms with E-state index in [4.69, 9.17) is 5.73 Å². The first-order valence-electron chi connectivity index (χ1n) is 5.63. The highest BCUT2D eigenvalue weighted by molar-refractivity contribution is 5.80. The van der Waals surface area contributed by atoms with E-state index in [1.54, 1.807) is 12.4 Å². The highest BCUT2D eigenvalue weighted by Crippen LogP contribution is 2.28. The second kappa shape index (κ2) is 4.72. The van der Waals surface area contributed by atoms with Gasteiger partial charge in [0.1, 0.15) is 0 Å². The number of hydrogen-bond acceptors (Lipinski definition) is 5. The van der Waals surface area contributed by atoms with Crippen molar-refractivity contribution in [2.24, 2.45) is 0 Å². The number of fused-ring (bicyclic) bond motifs is 1. The van der Waals surface area contributed by atoms with Gasteiger partial charge in [-0.15, -0.1) is 0 Å². The van der Waals surface area contributed by atoms with Crippen molar-refractivity contribution in [3.63, 3.8) is 0 Å². The number of nitrogen functional groups attached to an aromatic ring is 1. The third-order valence-electron chi connectivity index (χ3n) is 2.72. The fraction of sp³-hybridized carbons (Fsp3) is 0.0833. The minimum absolute atomic E-state index is 0.0913. The van der Waals surface area contributed by atoms with Gasteiger partial charge in [-0.2, -0.15) is 13.9 Å². The van der Waals surface area contributed by atoms with E-state index in [0.717, 1.165) is 5.39 Å². The number of H-pyrrole nitrogens is 1. The lowest BCUT2D eigenvalue weighted by Crippen LogP contribution is -2.05. The van der Waals surface area contributed by atoms with Gasteiger partial charge in [-0.05, 0) is 12.1 Å². The van der Waals surface area contributed by atoms with Gasteiger partial charge in [0.15, 0.2) is 17.2 Å². The van der Waals surface area contributed by atoms with E-state index in [1.807, 2.05) is 6.07 Å². The van der Waals surface area contributed by atoms with Crippen molar-refractivity contribution in [3.8, 4) is 16.9 Å². The zero-order valence-electron chi connectivity index (χ0n) is 10.0. The van der Waals surface area contributed by atoms with Crippen molar-refractivity contribution in [1.29, 1.82) is 0 Å². The molecule has 3 aromatic rings. The molecular formula is C12H9F2N5O. The SMILES string of the molecule is Nc1ncc(-c2cnc3[nH]ncc3c2)cc1OC(F)F. The lowest BCUT2D eigenvalue weighted by atomic mass is 10.1. The molecule has 0 spiro atoms. The van der Waals surface area contributed by atoms with Crippen LogP contribution in [0.25, 0.3) is 22.2 Å².